The molecule has 1 heterocycles. The molecule has 6 nitrogen and oxygen atoms in total. The molecule has 0 saturated carbocycles. The highest BCUT2D eigenvalue weighted by molar-refractivity contribution is 5.79. The first-order valence-corrected chi connectivity index (χ1v) is 8.03. The number of methoxy groups -OCH3 is 1. The van der Waals surface area contributed by atoms with E-state index in [1.54, 1.807) is 18.1 Å². The lowest BCUT2D eigenvalue weighted by molar-refractivity contribution is -0.121. The Balaban J connectivity index is 1.63. The summed E-state index contributed by atoms with van der Waals surface area (Å²) in [5.41, 5.74) is 2.82. The number of nitrogens with one attached hydrogen (secondary N) is 1. The zero-order valence-corrected chi connectivity index (χ0v) is 14.2. The maximum Gasteiger partial charge on any atom is 0.225 e. The van der Waals surface area contributed by atoms with Gasteiger partial charge in [0.25, 0.3) is 0 Å². The van der Waals surface area contributed by atoms with Crippen molar-refractivity contribution in [1.82, 2.24) is 20.1 Å². The van der Waals surface area contributed by atoms with Gasteiger partial charge in [-0.1, -0.05) is 30.3 Å². The first kappa shape index (κ1) is 16.7. The number of nitrogens with zero attached hydrogens (tertiary/aromatic N) is 3. The Labute approximate surface area is 146 Å². The van der Waals surface area contributed by atoms with Crippen molar-refractivity contribution < 1.29 is 9.53 Å². The predicted octanol–water partition coefficient (Wildman–Crippen LogP) is 2.70. The third kappa shape index (κ3) is 4.03. The maximum atomic E-state index is 12.3. The number of ether oxygens (including phenoxy) is 1. The van der Waals surface area contributed by atoms with Crippen LogP contribution in [0.15, 0.2) is 61.2 Å². The molecule has 25 heavy (non-hydrogen) atoms. The van der Waals surface area contributed by atoms with E-state index >= 15 is 0 Å². The highest BCUT2D eigenvalue weighted by Gasteiger charge is 2.12. The van der Waals surface area contributed by atoms with Crippen LogP contribution >= 0.6 is 0 Å². The average Bonchev–Trinajstić information content (AvgIpc) is 3.17. The van der Waals surface area contributed by atoms with Crippen molar-refractivity contribution >= 4 is 5.91 Å². The van der Waals surface area contributed by atoms with E-state index in [1.165, 1.54) is 6.33 Å². The van der Waals surface area contributed by atoms with E-state index in [4.69, 9.17) is 4.74 Å². The number of hydrogen-bond acceptors (Lipinski definition) is 4. The van der Waals surface area contributed by atoms with Gasteiger partial charge in [0.05, 0.1) is 25.3 Å². The predicted molar refractivity (Wildman–Crippen MR) is 94.6 cm³/mol. The summed E-state index contributed by atoms with van der Waals surface area (Å²) in [4.78, 5) is 16.3. The van der Waals surface area contributed by atoms with E-state index in [2.05, 4.69) is 15.4 Å². The third-order valence-corrected chi connectivity index (χ3v) is 4.00. The number of carbonyl (C=O) groups is 1. The molecule has 0 aliphatic heterocycles. The van der Waals surface area contributed by atoms with E-state index < -0.39 is 0 Å². The minimum atomic E-state index is -0.0907. The second kappa shape index (κ2) is 7.61. The molecule has 3 rings (SSSR count). The van der Waals surface area contributed by atoms with Gasteiger partial charge in [-0.05, 0) is 30.7 Å². The monoisotopic (exact) mass is 336 g/mol. The van der Waals surface area contributed by atoms with E-state index in [9.17, 15) is 4.79 Å². The Morgan fingerprint density at radius 1 is 1.20 bits per heavy atom. The van der Waals surface area contributed by atoms with Gasteiger partial charge in [0.15, 0.2) is 0 Å². The lowest BCUT2D eigenvalue weighted by Crippen LogP contribution is -2.28. The second-order valence-electron chi connectivity index (χ2n) is 5.71. The molecule has 0 aliphatic rings. The summed E-state index contributed by atoms with van der Waals surface area (Å²) in [5.74, 6) is 0.680. The molecule has 2 aromatic carbocycles. The van der Waals surface area contributed by atoms with Crippen LogP contribution in [0.3, 0.4) is 0 Å². The number of hydrogen-bond donors (Lipinski definition) is 1. The van der Waals surface area contributed by atoms with Gasteiger partial charge in [-0.2, -0.15) is 5.10 Å². The fourth-order valence-electron chi connectivity index (χ4n) is 2.66. The first-order chi connectivity index (χ1) is 12.2. The fraction of sp³-hybridized carbons (Fsp3) is 0.211. The van der Waals surface area contributed by atoms with E-state index in [0.29, 0.717) is 0 Å². The van der Waals surface area contributed by atoms with E-state index in [1.807, 2.05) is 55.5 Å². The lowest BCUT2D eigenvalue weighted by atomic mass is 10.1. The number of benzene rings is 2. The smallest absolute Gasteiger partial charge is 0.225 e. The van der Waals surface area contributed by atoms with Gasteiger partial charge in [0.1, 0.15) is 18.4 Å². The van der Waals surface area contributed by atoms with E-state index in [0.717, 1.165) is 22.6 Å². The highest BCUT2D eigenvalue weighted by Crippen LogP contribution is 2.19. The van der Waals surface area contributed by atoms with Crippen molar-refractivity contribution in [2.75, 3.05) is 7.11 Å². The number of rotatable bonds is 6. The van der Waals surface area contributed by atoms with Crippen LogP contribution in [-0.2, 0) is 11.2 Å². The lowest BCUT2D eigenvalue weighted by Gasteiger charge is -2.15. The highest BCUT2D eigenvalue weighted by atomic mass is 16.5. The van der Waals surface area contributed by atoms with Gasteiger partial charge < -0.3 is 10.1 Å². The number of amides is 1. The Kier molecular flexibility index (Phi) is 5.09. The van der Waals surface area contributed by atoms with Crippen LogP contribution in [0, 0.1) is 0 Å². The normalized spacial score (nSPS) is 11.8. The number of aromatic nitrogens is 3. The zero-order chi connectivity index (χ0) is 17.6. The maximum absolute atomic E-state index is 12.3. The van der Waals surface area contributed by atoms with Gasteiger partial charge in [-0.25, -0.2) is 9.67 Å². The molecule has 1 N–H and O–H groups in total. The summed E-state index contributed by atoms with van der Waals surface area (Å²) in [6, 6.07) is 15.3. The van der Waals surface area contributed by atoms with Gasteiger partial charge >= 0.3 is 0 Å². The Hall–Kier alpha value is -3.15. The van der Waals surface area contributed by atoms with E-state index in [-0.39, 0.29) is 18.4 Å². The average molecular weight is 336 g/mol. The van der Waals surface area contributed by atoms with Crippen LogP contribution in [0.5, 0.6) is 5.75 Å². The molecule has 0 unspecified atom stereocenters. The molecule has 0 spiro atoms. The third-order valence-electron chi connectivity index (χ3n) is 4.00. The van der Waals surface area contributed by atoms with Crippen LogP contribution in [0.1, 0.15) is 24.1 Å². The summed E-state index contributed by atoms with van der Waals surface area (Å²) in [6.07, 6.45) is 3.42. The summed E-state index contributed by atoms with van der Waals surface area (Å²) >= 11 is 0. The number of para-hydroxylation sites is 1. The van der Waals surface area contributed by atoms with Crippen molar-refractivity contribution in [3.8, 4) is 11.4 Å². The molecule has 1 amide bonds. The van der Waals surface area contributed by atoms with Crippen molar-refractivity contribution in [2.24, 2.45) is 0 Å². The molecule has 0 aliphatic carbocycles. The molecule has 128 valence electrons. The molecule has 1 aromatic heterocycles. The van der Waals surface area contributed by atoms with Crippen molar-refractivity contribution in [3.63, 3.8) is 0 Å². The molecule has 0 fully saturated rings. The summed E-state index contributed by atoms with van der Waals surface area (Å²) in [6.45, 7) is 1.96. The summed E-state index contributed by atoms with van der Waals surface area (Å²) in [5, 5.41) is 7.12. The van der Waals surface area contributed by atoms with Gasteiger partial charge in [-0.3, -0.25) is 4.79 Å². The topological polar surface area (TPSA) is 69.0 Å². The zero-order valence-electron chi connectivity index (χ0n) is 14.2. The van der Waals surface area contributed by atoms with Crippen molar-refractivity contribution in [1.29, 1.82) is 0 Å². The molecular weight excluding hydrogens is 316 g/mol. The SMILES string of the molecule is COc1ccccc1CC(=O)N[C@@H](C)c1ccc(-n2cncn2)cc1. The quantitative estimate of drug-likeness (QED) is 0.751. The second-order valence-corrected chi connectivity index (χ2v) is 5.71. The molecule has 0 saturated heterocycles. The fourth-order valence-corrected chi connectivity index (χ4v) is 2.66. The largest absolute Gasteiger partial charge is 0.496 e. The molecule has 6 heteroatoms. The molecule has 1 atom stereocenters. The van der Waals surface area contributed by atoms with Gasteiger partial charge in [0.2, 0.25) is 5.91 Å². The van der Waals surface area contributed by atoms with Crippen LogP contribution in [-0.4, -0.2) is 27.8 Å². The molecule has 0 bridgehead atoms. The van der Waals surface area contributed by atoms with Gasteiger partial charge in [-0.15, -0.1) is 0 Å². The minimum Gasteiger partial charge on any atom is -0.496 e. The standard InChI is InChI=1S/C19H20N4O2/c1-14(15-7-9-17(10-8-15)23-13-20-12-21-23)22-19(24)11-16-5-3-4-6-18(16)25-2/h3-10,12-14H,11H2,1-2H3,(H,22,24)/t14-/m0/s1. The Bertz CT molecular complexity index is 829. The van der Waals surface area contributed by atoms with Crippen molar-refractivity contribution in [3.05, 3.63) is 72.3 Å². The molecule has 3 aromatic rings. The number of carbonyl (C=O) groups excluding carboxylic acids is 1. The Morgan fingerprint density at radius 3 is 2.64 bits per heavy atom. The van der Waals surface area contributed by atoms with Crippen molar-refractivity contribution in [2.45, 2.75) is 19.4 Å². The van der Waals surface area contributed by atoms with Crippen LogP contribution in [0.4, 0.5) is 0 Å². The first-order valence-electron chi connectivity index (χ1n) is 8.03. The summed E-state index contributed by atoms with van der Waals surface area (Å²) in [7, 11) is 1.61. The minimum absolute atomic E-state index is 0.0441. The molecule has 0 radical (unpaired) electrons. The summed E-state index contributed by atoms with van der Waals surface area (Å²) < 4.78 is 6.98. The molecular formula is C19H20N4O2. The van der Waals surface area contributed by atoms with Crippen LogP contribution in [0.2, 0.25) is 0 Å². The van der Waals surface area contributed by atoms with Crippen LogP contribution in [0.25, 0.3) is 5.69 Å². The van der Waals surface area contributed by atoms with Gasteiger partial charge in [0, 0.05) is 5.56 Å². The Morgan fingerprint density at radius 2 is 1.96 bits per heavy atom. The van der Waals surface area contributed by atoms with Crippen LogP contribution < -0.4 is 10.1 Å².